The number of methoxy groups -OCH3 is 1. The van der Waals surface area contributed by atoms with Crippen LogP contribution in [0.2, 0.25) is 0 Å². The number of nitrogens with one attached hydrogen (secondary N) is 1. The molecule has 0 radical (unpaired) electrons. The molecule has 2 aromatic carbocycles. The Morgan fingerprint density at radius 3 is 2.44 bits per heavy atom. The Bertz CT molecular complexity index is 1100. The number of thioether (sulfide) groups is 1. The van der Waals surface area contributed by atoms with Crippen LogP contribution in [0.4, 0.5) is 5.69 Å². The predicted molar refractivity (Wildman–Crippen MR) is 120 cm³/mol. The summed E-state index contributed by atoms with van der Waals surface area (Å²) in [7, 11) is 1.59. The Balaban J connectivity index is 1.59. The number of carbonyl (C=O) groups excluding carboxylic acids is 3. The molecule has 4 rings (SSSR count). The molecule has 0 saturated carbocycles. The number of hydrogen-bond donors (Lipinski definition) is 1. The van der Waals surface area contributed by atoms with Gasteiger partial charge in [-0.1, -0.05) is 18.2 Å². The first-order valence-corrected chi connectivity index (χ1v) is 10.7. The van der Waals surface area contributed by atoms with Crippen LogP contribution in [-0.2, 0) is 19.3 Å². The number of rotatable bonds is 5. The van der Waals surface area contributed by atoms with Gasteiger partial charge in [-0.15, -0.1) is 5.10 Å². The first-order valence-electron chi connectivity index (χ1n) is 9.91. The van der Waals surface area contributed by atoms with Crippen LogP contribution in [0, 0.1) is 0 Å². The Morgan fingerprint density at radius 1 is 1.09 bits per heavy atom. The summed E-state index contributed by atoms with van der Waals surface area (Å²) in [5.74, 6) is 0.316. The van der Waals surface area contributed by atoms with E-state index in [0.29, 0.717) is 17.0 Å². The van der Waals surface area contributed by atoms with E-state index in [9.17, 15) is 14.4 Å². The summed E-state index contributed by atoms with van der Waals surface area (Å²) in [5.41, 5.74) is 1.31. The summed E-state index contributed by atoms with van der Waals surface area (Å²) < 4.78 is 11.0. The van der Waals surface area contributed by atoms with Crippen LogP contribution < -0.4 is 19.7 Å². The summed E-state index contributed by atoms with van der Waals surface area (Å²) >= 11 is 1.05. The molecule has 2 aliphatic heterocycles. The van der Waals surface area contributed by atoms with E-state index in [0.717, 1.165) is 22.5 Å². The Morgan fingerprint density at radius 2 is 1.78 bits per heavy atom. The largest absolute Gasteiger partial charge is 0.497 e. The molecule has 166 valence electrons. The normalized spacial score (nSPS) is 19.1. The molecule has 3 amide bonds. The van der Waals surface area contributed by atoms with Crippen molar-refractivity contribution in [3.05, 3.63) is 54.1 Å². The zero-order valence-electron chi connectivity index (χ0n) is 17.8. The second-order valence-corrected chi connectivity index (χ2v) is 8.34. The van der Waals surface area contributed by atoms with Crippen LogP contribution in [0.5, 0.6) is 11.5 Å². The first kappa shape index (κ1) is 21.7. The minimum Gasteiger partial charge on any atom is -0.497 e. The molecule has 0 aliphatic carbocycles. The topological polar surface area (TPSA) is 101 Å². The lowest BCUT2D eigenvalue weighted by Gasteiger charge is -2.29. The van der Waals surface area contributed by atoms with Gasteiger partial charge in [0, 0.05) is 19.4 Å². The summed E-state index contributed by atoms with van der Waals surface area (Å²) in [5, 5.41) is 8.17. The van der Waals surface area contributed by atoms with Gasteiger partial charge in [-0.2, -0.15) is 5.01 Å². The van der Waals surface area contributed by atoms with Crippen molar-refractivity contribution in [2.45, 2.75) is 18.7 Å². The number of amides is 3. The summed E-state index contributed by atoms with van der Waals surface area (Å²) in [6, 6.07) is 14.4. The highest BCUT2D eigenvalue weighted by molar-refractivity contribution is 8.15. The standard InChI is InChI=1S/C22H22N4O5S/c1-14(27)23-21-24-26(15(2)28)22(32-21)18-6-4-5-7-19(18)25(20(22)29)12-13-31-17-10-8-16(30-3)9-11-17/h4-11H,12-13H2,1-3H3,(H,23,24,27). The highest BCUT2D eigenvalue weighted by atomic mass is 32.2. The third kappa shape index (κ3) is 3.66. The molecule has 0 saturated heterocycles. The molecule has 0 fully saturated rings. The van der Waals surface area contributed by atoms with Crippen molar-refractivity contribution in [2.24, 2.45) is 5.10 Å². The summed E-state index contributed by atoms with van der Waals surface area (Å²) in [4.78, 5) is 37.9. The van der Waals surface area contributed by atoms with Crippen molar-refractivity contribution in [2.75, 3.05) is 25.2 Å². The summed E-state index contributed by atoms with van der Waals surface area (Å²) in [6.45, 7) is 3.20. The number of carbonyl (C=O) groups is 3. The van der Waals surface area contributed by atoms with Gasteiger partial charge in [0.15, 0.2) is 5.17 Å². The fraction of sp³-hybridized carbons (Fsp3) is 0.273. The lowest BCUT2D eigenvalue weighted by molar-refractivity contribution is -0.139. The number of fused-ring (bicyclic) bond motifs is 2. The maximum Gasteiger partial charge on any atom is 0.270 e. The van der Waals surface area contributed by atoms with Gasteiger partial charge >= 0.3 is 0 Å². The number of nitrogens with zero attached hydrogens (tertiary/aromatic N) is 3. The van der Waals surface area contributed by atoms with E-state index in [-0.39, 0.29) is 30.1 Å². The molecule has 0 aromatic heterocycles. The van der Waals surface area contributed by atoms with Gasteiger partial charge in [0.2, 0.25) is 16.7 Å². The minimum atomic E-state index is -1.40. The van der Waals surface area contributed by atoms with Crippen LogP contribution >= 0.6 is 11.8 Å². The van der Waals surface area contributed by atoms with Crippen LogP contribution in [0.25, 0.3) is 0 Å². The monoisotopic (exact) mass is 454 g/mol. The first-order chi connectivity index (χ1) is 15.4. The van der Waals surface area contributed by atoms with Crippen molar-refractivity contribution < 1.29 is 23.9 Å². The smallest absolute Gasteiger partial charge is 0.270 e. The van der Waals surface area contributed by atoms with E-state index in [4.69, 9.17) is 9.47 Å². The average Bonchev–Trinajstić information content (AvgIpc) is 3.26. The van der Waals surface area contributed by atoms with E-state index in [1.54, 1.807) is 48.4 Å². The lowest BCUT2D eigenvalue weighted by atomic mass is 10.1. The van der Waals surface area contributed by atoms with Crippen molar-refractivity contribution in [3.63, 3.8) is 0 Å². The molecule has 10 heteroatoms. The average molecular weight is 455 g/mol. The van der Waals surface area contributed by atoms with Crippen molar-refractivity contribution in [3.8, 4) is 11.5 Å². The molecule has 2 aromatic rings. The van der Waals surface area contributed by atoms with Crippen molar-refractivity contribution >= 4 is 40.3 Å². The molecule has 0 bridgehead atoms. The summed E-state index contributed by atoms with van der Waals surface area (Å²) in [6.07, 6.45) is 0. The second-order valence-electron chi connectivity index (χ2n) is 7.16. The van der Waals surface area contributed by atoms with Gasteiger partial charge in [0.25, 0.3) is 5.91 Å². The van der Waals surface area contributed by atoms with Gasteiger partial charge in [0.05, 0.1) is 19.3 Å². The lowest BCUT2D eigenvalue weighted by Crippen LogP contribution is -2.49. The zero-order chi connectivity index (χ0) is 22.9. The van der Waals surface area contributed by atoms with E-state index in [1.807, 2.05) is 12.1 Å². The van der Waals surface area contributed by atoms with Gasteiger partial charge in [-0.05, 0) is 42.1 Å². The molecule has 32 heavy (non-hydrogen) atoms. The Kier molecular flexibility index (Phi) is 5.79. The maximum absolute atomic E-state index is 13.7. The molecular formula is C22H22N4O5S. The van der Waals surface area contributed by atoms with E-state index in [2.05, 4.69) is 10.4 Å². The second kappa shape index (κ2) is 8.54. The number of hydrazone groups is 1. The molecule has 9 nitrogen and oxygen atoms in total. The zero-order valence-corrected chi connectivity index (χ0v) is 18.6. The van der Waals surface area contributed by atoms with Gasteiger partial charge in [-0.3, -0.25) is 14.4 Å². The highest BCUT2D eigenvalue weighted by Gasteiger charge is 2.61. The molecular weight excluding hydrogens is 432 g/mol. The predicted octanol–water partition coefficient (Wildman–Crippen LogP) is 2.28. The fourth-order valence-electron chi connectivity index (χ4n) is 3.71. The highest BCUT2D eigenvalue weighted by Crippen LogP contribution is 2.54. The van der Waals surface area contributed by atoms with Crippen LogP contribution in [0.15, 0.2) is 53.6 Å². The number of benzene rings is 2. The molecule has 1 N–H and O–H groups in total. The minimum absolute atomic E-state index is 0.201. The Labute approximate surface area is 189 Å². The number of para-hydroxylation sites is 1. The van der Waals surface area contributed by atoms with Crippen LogP contribution in [0.3, 0.4) is 0 Å². The van der Waals surface area contributed by atoms with Gasteiger partial charge in [-0.25, -0.2) is 0 Å². The number of hydrogen-bond acceptors (Lipinski definition) is 7. The van der Waals surface area contributed by atoms with Crippen LogP contribution in [0.1, 0.15) is 19.4 Å². The fourth-order valence-corrected chi connectivity index (χ4v) is 5.05. The third-order valence-electron chi connectivity index (χ3n) is 5.05. The molecule has 2 aliphatic rings. The Hall–Kier alpha value is -3.53. The van der Waals surface area contributed by atoms with Crippen molar-refractivity contribution in [1.82, 2.24) is 10.3 Å². The van der Waals surface area contributed by atoms with E-state index >= 15 is 0 Å². The van der Waals surface area contributed by atoms with Crippen LogP contribution in [-0.4, -0.2) is 48.2 Å². The number of ether oxygens (including phenoxy) is 2. The van der Waals surface area contributed by atoms with E-state index in [1.165, 1.54) is 13.8 Å². The number of anilines is 1. The molecule has 2 heterocycles. The quantitative estimate of drug-likeness (QED) is 0.744. The SMILES string of the molecule is COc1ccc(OCCN2C(=O)C3(SC(NC(C)=O)=NN3C(C)=O)c3ccccc32)cc1. The molecule has 1 spiro atoms. The number of amidine groups is 1. The molecule has 1 atom stereocenters. The van der Waals surface area contributed by atoms with Crippen molar-refractivity contribution in [1.29, 1.82) is 0 Å². The third-order valence-corrected chi connectivity index (χ3v) is 6.29. The van der Waals surface area contributed by atoms with Gasteiger partial charge < -0.3 is 19.7 Å². The van der Waals surface area contributed by atoms with E-state index < -0.39 is 10.8 Å². The van der Waals surface area contributed by atoms with Gasteiger partial charge in [0.1, 0.15) is 18.1 Å². The maximum atomic E-state index is 13.7. The molecule has 1 unspecified atom stereocenters.